The lowest BCUT2D eigenvalue weighted by Crippen LogP contribution is -2.09. The van der Waals surface area contributed by atoms with E-state index in [1.165, 1.54) is 6.07 Å². The van der Waals surface area contributed by atoms with Crippen molar-refractivity contribution in [2.24, 2.45) is 0 Å². The second-order valence-corrected chi connectivity index (χ2v) is 3.82. The van der Waals surface area contributed by atoms with Gasteiger partial charge in [-0.05, 0) is 41.5 Å². The Balaban J connectivity index is 3.32. The van der Waals surface area contributed by atoms with Crippen molar-refractivity contribution >= 4 is 15.9 Å². The molecular weight excluding hydrogens is 249 g/mol. The third-order valence-electron chi connectivity index (χ3n) is 2.01. The predicted octanol–water partition coefficient (Wildman–Crippen LogP) is 2.62. The van der Waals surface area contributed by atoms with Gasteiger partial charge < -0.3 is 10.1 Å². The highest BCUT2D eigenvalue weighted by molar-refractivity contribution is 9.10. The fourth-order valence-electron chi connectivity index (χ4n) is 1.42. The Morgan fingerprint density at radius 3 is 2.71 bits per heavy atom. The normalized spacial score (nSPS) is 10.4. The minimum Gasteiger partial charge on any atom is -0.496 e. The highest BCUT2D eigenvalue weighted by Crippen LogP contribution is 2.32. The van der Waals surface area contributed by atoms with E-state index in [9.17, 15) is 4.39 Å². The number of benzene rings is 1. The molecule has 0 fully saturated rings. The molecule has 2 nitrogen and oxygen atoms in total. The van der Waals surface area contributed by atoms with Gasteiger partial charge in [-0.1, -0.05) is 0 Å². The van der Waals surface area contributed by atoms with Crippen molar-refractivity contribution in [1.82, 2.24) is 5.32 Å². The van der Waals surface area contributed by atoms with Crippen molar-refractivity contribution in [2.75, 3.05) is 14.2 Å². The molecule has 0 radical (unpaired) electrons. The van der Waals surface area contributed by atoms with Crippen molar-refractivity contribution in [1.29, 1.82) is 0 Å². The molecule has 0 bridgehead atoms. The van der Waals surface area contributed by atoms with E-state index < -0.39 is 0 Å². The van der Waals surface area contributed by atoms with Crippen molar-refractivity contribution < 1.29 is 9.13 Å². The summed E-state index contributed by atoms with van der Waals surface area (Å²) in [5, 5.41) is 2.98. The lowest BCUT2D eigenvalue weighted by molar-refractivity contribution is 0.403. The number of hydrogen-bond acceptors (Lipinski definition) is 2. The lowest BCUT2D eigenvalue weighted by Gasteiger charge is -2.13. The van der Waals surface area contributed by atoms with Gasteiger partial charge in [0.15, 0.2) is 0 Å². The van der Waals surface area contributed by atoms with Gasteiger partial charge in [-0.2, -0.15) is 0 Å². The monoisotopic (exact) mass is 261 g/mol. The summed E-state index contributed by atoms with van der Waals surface area (Å²) in [5.74, 6) is 0.473. The topological polar surface area (TPSA) is 21.3 Å². The molecule has 0 saturated carbocycles. The number of halogens is 2. The van der Waals surface area contributed by atoms with Gasteiger partial charge in [0.2, 0.25) is 0 Å². The SMILES string of the molecule is CNCc1c(Br)c(F)cc(C)c1OC. The molecule has 4 heteroatoms. The number of nitrogens with one attached hydrogen (secondary N) is 1. The Hall–Kier alpha value is -0.610. The average molecular weight is 262 g/mol. The maximum atomic E-state index is 13.3. The summed E-state index contributed by atoms with van der Waals surface area (Å²) in [6.45, 7) is 2.40. The van der Waals surface area contributed by atoms with Crippen LogP contribution in [0.3, 0.4) is 0 Å². The Morgan fingerprint density at radius 2 is 2.21 bits per heavy atom. The first-order valence-corrected chi connectivity index (χ1v) is 5.07. The van der Waals surface area contributed by atoms with E-state index in [2.05, 4.69) is 21.2 Å². The molecule has 0 aliphatic rings. The van der Waals surface area contributed by atoms with Crippen LogP contribution in [-0.2, 0) is 6.54 Å². The summed E-state index contributed by atoms with van der Waals surface area (Å²) < 4.78 is 19.0. The van der Waals surface area contributed by atoms with Gasteiger partial charge in [0, 0.05) is 12.1 Å². The summed E-state index contributed by atoms with van der Waals surface area (Å²) >= 11 is 3.21. The second-order valence-electron chi connectivity index (χ2n) is 3.03. The number of ether oxygens (including phenoxy) is 1. The maximum Gasteiger partial charge on any atom is 0.138 e. The van der Waals surface area contributed by atoms with E-state index in [1.54, 1.807) is 7.11 Å². The van der Waals surface area contributed by atoms with Crippen LogP contribution in [0.25, 0.3) is 0 Å². The van der Waals surface area contributed by atoms with Gasteiger partial charge in [0.25, 0.3) is 0 Å². The molecule has 1 rings (SSSR count). The number of rotatable bonds is 3. The highest BCUT2D eigenvalue weighted by Gasteiger charge is 2.14. The molecule has 0 amide bonds. The third kappa shape index (κ3) is 2.07. The fourth-order valence-corrected chi connectivity index (χ4v) is 1.85. The Morgan fingerprint density at radius 1 is 1.57 bits per heavy atom. The molecule has 0 aliphatic heterocycles. The van der Waals surface area contributed by atoms with Crippen LogP contribution in [0, 0.1) is 12.7 Å². The summed E-state index contributed by atoms with van der Waals surface area (Å²) in [4.78, 5) is 0. The van der Waals surface area contributed by atoms with Gasteiger partial charge in [-0.3, -0.25) is 0 Å². The molecule has 1 aromatic carbocycles. The fraction of sp³-hybridized carbons (Fsp3) is 0.400. The molecule has 1 aromatic rings. The van der Waals surface area contributed by atoms with Crippen LogP contribution >= 0.6 is 15.9 Å². The zero-order valence-corrected chi connectivity index (χ0v) is 10.0. The van der Waals surface area contributed by atoms with Crippen molar-refractivity contribution in [2.45, 2.75) is 13.5 Å². The van der Waals surface area contributed by atoms with Crippen LogP contribution in [0.2, 0.25) is 0 Å². The smallest absolute Gasteiger partial charge is 0.138 e. The zero-order valence-electron chi connectivity index (χ0n) is 8.45. The van der Waals surface area contributed by atoms with Crippen LogP contribution in [-0.4, -0.2) is 14.2 Å². The van der Waals surface area contributed by atoms with Crippen molar-refractivity contribution in [3.63, 3.8) is 0 Å². The molecule has 0 spiro atoms. The minimum atomic E-state index is -0.256. The molecule has 0 aromatic heterocycles. The van der Waals surface area contributed by atoms with Gasteiger partial charge in [-0.15, -0.1) is 0 Å². The maximum absolute atomic E-state index is 13.3. The molecule has 78 valence electrons. The standard InChI is InChI=1S/C10H13BrFNO/c1-6-4-8(12)9(11)7(5-13-2)10(6)14-3/h4,13H,5H2,1-3H3. The Labute approximate surface area is 91.6 Å². The van der Waals surface area contributed by atoms with Gasteiger partial charge >= 0.3 is 0 Å². The van der Waals surface area contributed by atoms with Crippen LogP contribution in [0.1, 0.15) is 11.1 Å². The first kappa shape index (κ1) is 11.5. The number of methoxy groups -OCH3 is 1. The summed E-state index contributed by atoms with van der Waals surface area (Å²) in [6, 6.07) is 1.46. The highest BCUT2D eigenvalue weighted by atomic mass is 79.9. The quantitative estimate of drug-likeness (QED) is 0.904. The van der Waals surface area contributed by atoms with Crippen molar-refractivity contribution in [3.05, 3.63) is 27.5 Å². The second kappa shape index (κ2) is 4.75. The minimum absolute atomic E-state index is 0.256. The Bertz CT molecular complexity index is 341. The van der Waals surface area contributed by atoms with E-state index in [4.69, 9.17) is 4.74 Å². The summed E-state index contributed by atoms with van der Waals surface area (Å²) in [5.41, 5.74) is 1.62. The lowest BCUT2D eigenvalue weighted by atomic mass is 10.1. The molecular formula is C10H13BrFNO. The van der Waals surface area contributed by atoms with E-state index in [0.717, 1.165) is 16.9 Å². The van der Waals surface area contributed by atoms with Gasteiger partial charge in [0.05, 0.1) is 11.6 Å². The first-order chi connectivity index (χ1) is 6.61. The number of aryl methyl sites for hydroxylation is 1. The molecule has 14 heavy (non-hydrogen) atoms. The van der Waals surface area contributed by atoms with E-state index in [-0.39, 0.29) is 5.82 Å². The average Bonchev–Trinajstić information content (AvgIpc) is 2.14. The molecule has 0 unspecified atom stereocenters. The molecule has 0 heterocycles. The molecule has 1 N–H and O–H groups in total. The van der Waals surface area contributed by atoms with Crippen molar-refractivity contribution in [3.8, 4) is 5.75 Å². The zero-order chi connectivity index (χ0) is 10.7. The number of hydrogen-bond donors (Lipinski definition) is 1. The van der Waals surface area contributed by atoms with Crippen LogP contribution < -0.4 is 10.1 Å². The van der Waals surface area contributed by atoms with Crippen LogP contribution in [0.5, 0.6) is 5.75 Å². The Kier molecular flexibility index (Phi) is 3.89. The molecule has 0 saturated heterocycles. The first-order valence-electron chi connectivity index (χ1n) is 4.27. The molecule has 0 aliphatic carbocycles. The van der Waals surface area contributed by atoms with E-state index in [0.29, 0.717) is 11.0 Å². The van der Waals surface area contributed by atoms with Crippen LogP contribution in [0.15, 0.2) is 10.5 Å². The molecule has 0 atom stereocenters. The third-order valence-corrected chi connectivity index (χ3v) is 2.87. The van der Waals surface area contributed by atoms with E-state index in [1.807, 2.05) is 14.0 Å². The van der Waals surface area contributed by atoms with Gasteiger partial charge in [-0.25, -0.2) is 4.39 Å². The van der Waals surface area contributed by atoms with Gasteiger partial charge in [0.1, 0.15) is 11.6 Å². The summed E-state index contributed by atoms with van der Waals surface area (Å²) in [6.07, 6.45) is 0. The van der Waals surface area contributed by atoms with E-state index >= 15 is 0 Å². The predicted molar refractivity (Wildman–Crippen MR) is 58.2 cm³/mol. The largest absolute Gasteiger partial charge is 0.496 e. The summed E-state index contributed by atoms with van der Waals surface area (Å²) in [7, 11) is 3.40. The van der Waals surface area contributed by atoms with Crippen LogP contribution in [0.4, 0.5) is 4.39 Å².